The summed E-state index contributed by atoms with van der Waals surface area (Å²) in [6.45, 7) is -4.80. The van der Waals surface area contributed by atoms with Crippen molar-refractivity contribution in [3.05, 3.63) is 0 Å². The molecule has 2 aliphatic carbocycles. The number of halogens is 14. The second kappa shape index (κ2) is 12.5. The highest BCUT2D eigenvalue weighted by Crippen LogP contribution is 2.49. The van der Waals surface area contributed by atoms with Crippen molar-refractivity contribution in [1.82, 2.24) is 9.80 Å². The maximum absolute atomic E-state index is 13.8. The lowest BCUT2D eigenvalue weighted by molar-refractivity contribution is -0.356. The number of nitrogens with zero attached hydrogens (tertiary/aromatic N) is 2. The fourth-order valence-electron chi connectivity index (χ4n) is 5.60. The molecule has 0 spiro atoms. The van der Waals surface area contributed by atoms with Crippen LogP contribution in [0.25, 0.3) is 0 Å². The van der Waals surface area contributed by atoms with Gasteiger partial charge in [0.05, 0.1) is 13.1 Å². The van der Waals surface area contributed by atoms with Crippen molar-refractivity contribution in [2.75, 3.05) is 13.1 Å². The molecule has 0 radical (unpaired) electrons. The summed E-state index contributed by atoms with van der Waals surface area (Å²) < 4.78 is 183. The van der Waals surface area contributed by atoms with Gasteiger partial charge < -0.3 is 10.2 Å². The van der Waals surface area contributed by atoms with Gasteiger partial charge in [-0.15, -0.1) is 0 Å². The zero-order valence-corrected chi connectivity index (χ0v) is 22.0. The van der Waals surface area contributed by atoms with E-state index in [4.69, 9.17) is 0 Å². The van der Waals surface area contributed by atoms with E-state index in [0.717, 1.165) is 0 Å². The molecule has 0 aromatic heterocycles. The second-order valence-electron chi connectivity index (χ2n) is 11.0. The Balaban J connectivity index is 1.95. The SMILES string of the molecule is O=C(O)N(CC(F)(F)C(F)(F)C(F)(F)F)C1CCC(CC2CCC(N(CC(F)(F)C(F)(F)C(F)(F)F)C(=O)O)CC2)CC1. The van der Waals surface area contributed by atoms with Gasteiger partial charge in [0.25, 0.3) is 0 Å². The van der Waals surface area contributed by atoms with Gasteiger partial charge in [0.15, 0.2) is 0 Å². The van der Waals surface area contributed by atoms with Crippen molar-refractivity contribution in [2.24, 2.45) is 11.8 Å². The molecule has 2 aliphatic rings. The van der Waals surface area contributed by atoms with E-state index in [0.29, 0.717) is 6.42 Å². The Kier molecular flexibility index (Phi) is 10.7. The average molecular weight is 662 g/mol. The summed E-state index contributed by atoms with van der Waals surface area (Å²) in [5.74, 6) is -24.9. The van der Waals surface area contributed by atoms with Crippen molar-refractivity contribution in [1.29, 1.82) is 0 Å². The van der Waals surface area contributed by atoms with E-state index in [2.05, 4.69) is 0 Å². The fourth-order valence-corrected chi connectivity index (χ4v) is 5.60. The van der Waals surface area contributed by atoms with Crippen LogP contribution in [0.2, 0.25) is 0 Å². The van der Waals surface area contributed by atoms with Gasteiger partial charge in [-0.1, -0.05) is 0 Å². The number of carboxylic acid groups (broad SMARTS) is 2. The zero-order chi connectivity index (χ0) is 33.4. The summed E-state index contributed by atoms with van der Waals surface area (Å²) >= 11 is 0. The highest BCUT2D eigenvalue weighted by atomic mass is 19.4. The Hall–Kier alpha value is -2.44. The number of hydrogen-bond acceptors (Lipinski definition) is 2. The Morgan fingerprint density at radius 2 is 0.767 bits per heavy atom. The van der Waals surface area contributed by atoms with Gasteiger partial charge in [0.1, 0.15) is 0 Å². The predicted octanol–water partition coefficient (Wildman–Crippen LogP) is 8.12. The predicted molar refractivity (Wildman–Crippen MR) is 117 cm³/mol. The van der Waals surface area contributed by atoms with Crippen molar-refractivity contribution in [3.63, 3.8) is 0 Å². The van der Waals surface area contributed by atoms with Gasteiger partial charge in [-0.2, -0.15) is 61.5 Å². The first-order chi connectivity index (χ1) is 19.2. The van der Waals surface area contributed by atoms with Crippen LogP contribution in [0.1, 0.15) is 57.8 Å². The first-order valence-electron chi connectivity index (χ1n) is 12.9. The lowest BCUT2D eigenvalue weighted by atomic mass is 9.75. The van der Waals surface area contributed by atoms with Gasteiger partial charge in [-0.25, -0.2) is 9.59 Å². The normalized spacial score (nSPS) is 24.9. The standard InChI is InChI=1S/C23H28F14N2O4/c24-18(25,20(28,29)22(32,33)34)10-38(16(40)41)14-5-1-12(2-6-14)9-13-3-7-15(8-4-13)39(17(42)43)11-19(26,27)21(30,31)23(35,36)37/h12-15H,1-11H2,(H,40,41)(H,42,43). The Morgan fingerprint density at radius 1 is 0.512 bits per heavy atom. The molecule has 0 atom stereocenters. The molecule has 6 nitrogen and oxygen atoms in total. The maximum Gasteiger partial charge on any atom is 0.459 e. The van der Waals surface area contributed by atoms with Gasteiger partial charge in [0.2, 0.25) is 0 Å². The maximum atomic E-state index is 13.8. The smallest absolute Gasteiger partial charge is 0.459 e. The molecule has 2 saturated carbocycles. The third-order valence-corrected chi connectivity index (χ3v) is 8.04. The van der Waals surface area contributed by atoms with E-state index >= 15 is 0 Å². The highest BCUT2D eigenvalue weighted by Gasteiger charge is 2.74. The molecule has 2 amide bonds. The van der Waals surface area contributed by atoms with Crippen LogP contribution >= 0.6 is 0 Å². The average Bonchev–Trinajstić information content (AvgIpc) is 2.85. The minimum absolute atomic E-state index is 0.148. The van der Waals surface area contributed by atoms with Gasteiger partial charge >= 0.3 is 48.2 Å². The number of alkyl halides is 14. The summed E-state index contributed by atoms with van der Waals surface area (Å²) in [5.41, 5.74) is 0. The number of amides is 2. The fraction of sp³-hybridized carbons (Fsp3) is 0.913. The van der Waals surface area contributed by atoms with Crippen molar-refractivity contribution in [3.8, 4) is 0 Å². The Labute approximate surface area is 235 Å². The van der Waals surface area contributed by atoms with Crippen LogP contribution in [0.5, 0.6) is 0 Å². The van der Waals surface area contributed by atoms with E-state index in [-0.39, 0.29) is 73.0 Å². The van der Waals surface area contributed by atoms with E-state index in [9.17, 15) is 81.3 Å². The monoisotopic (exact) mass is 662 g/mol. The third kappa shape index (κ3) is 7.99. The van der Waals surface area contributed by atoms with Crippen molar-refractivity contribution >= 4 is 12.2 Å². The van der Waals surface area contributed by atoms with Crippen LogP contribution in [0.3, 0.4) is 0 Å². The molecular formula is C23H28F14N2O4. The first-order valence-corrected chi connectivity index (χ1v) is 12.9. The molecule has 2 rings (SSSR count). The van der Waals surface area contributed by atoms with Crippen LogP contribution in [0, 0.1) is 11.8 Å². The molecule has 252 valence electrons. The summed E-state index contributed by atoms with van der Waals surface area (Å²) in [5, 5.41) is 18.4. The number of carbonyl (C=O) groups is 2. The van der Waals surface area contributed by atoms with Crippen LogP contribution in [0.15, 0.2) is 0 Å². The topological polar surface area (TPSA) is 81.1 Å². The molecule has 0 aliphatic heterocycles. The van der Waals surface area contributed by atoms with E-state index in [1.54, 1.807) is 0 Å². The zero-order valence-electron chi connectivity index (χ0n) is 22.0. The van der Waals surface area contributed by atoms with E-state index in [1.807, 2.05) is 0 Å². The summed E-state index contributed by atoms with van der Waals surface area (Å²) in [7, 11) is 0. The van der Waals surface area contributed by atoms with E-state index in [1.165, 1.54) is 0 Å². The minimum atomic E-state index is -6.63. The molecular weight excluding hydrogens is 634 g/mol. The molecule has 0 aromatic rings. The van der Waals surface area contributed by atoms with Gasteiger partial charge in [-0.3, -0.25) is 9.80 Å². The van der Waals surface area contributed by atoms with Crippen LogP contribution in [-0.2, 0) is 0 Å². The summed E-state index contributed by atoms with van der Waals surface area (Å²) in [6, 6.07) is -2.58. The molecule has 0 unspecified atom stereocenters. The molecule has 0 heterocycles. The molecule has 43 heavy (non-hydrogen) atoms. The van der Waals surface area contributed by atoms with E-state index < -0.39 is 73.4 Å². The lowest BCUT2D eigenvalue weighted by Gasteiger charge is -2.40. The van der Waals surface area contributed by atoms with Gasteiger partial charge in [0, 0.05) is 12.1 Å². The lowest BCUT2D eigenvalue weighted by Crippen LogP contribution is -2.59. The van der Waals surface area contributed by atoms with Gasteiger partial charge in [-0.05, 0) is 69.6 Å². The number of hydrogen-bond donors (Lipinski definition) is 2. The quantitative estimate of drug-likeness (QED) is 0.232. The third-order valence-electron chi connectivity index (χ3n) is 8.04. The van der Waals surface area contributed by atoms with Crippen LogP contribution in [-0.4, -0.2) is 93.4 Å². The second-order valence-corrected chi connectivity index (χ2v) is 11.0. The molecule has 20 heteroatoms. The minimum Gasteiger partial charge on any atom is -0.465 e. The first kappa shape index (κ1) is 36.8. The Morgan fingerprint density at radius 3 is 0.977 bits per heavy atom. The molecule has 2 N–H and O–H groups in total. The molecule has 0 bridgehead atoms. The molecule has 2 fully saturated rings. The Bertz CT molecular complexity index is 896. The van der Waals surface area contributed by atoms with Crippen molar-refractivity contribution in [2.45, 2.75) is 106 Å². The van der Waals surface area contributed by atoms with Crippen LogP contribution in [0.4, 0.5) is 71.1 Å². The molecule has 0 saturated heterocycles. The highest BCUT2D eigenvalue weighted by molar-refractivity contribution is 5.66. The van der Waals surface area contributed by atoms with Crippen molar-refractivity contribution < 1.29 is 81.3 Å². The summed E-state index contributed by atoms with van der Waals surface area (Å²) in [4.78, 5) is 22.6. The largest absolute Gasteiger partial charge is 0.465 e. The van der Waals surface area contributed by atoms with Crippen LogP contribution < -0.4 is 0 Å². The molecule has 0 aromatic carbocycles. The summed E-state index contributed by atoms with van der Waals surface area (Å²) in [6.07, 6.45) is -17.2. The number of rotatable bonds is 10.